The fraction of sp³-hybridized carbons (Fsp3) is 0.833. The summed E-state index contributed by atoms with van der Waals surface area (Å²) < 4.78 is 0. The Bertz CT molecular complexity index is 280. The quantitative estimate of drug-likeness (QED) is 0.615. The molecule has 1 aliphatic rings. The van der Waals surface area contributed by atoms with Crippen molar-refractivity contribution >= 4 is 23.8 Å². The van der Waals surface area contributed by atoms with E-state index in [2.05, 4.69) is 10.6 Å². The van der Waals surface area contributed by atoms with Gasteiger partial charge in [0.25, 0.3) is 0 Å². The average Bonchev–Trinajstić information content (AvgIpc) is 2.84. The predicted octanol–water partition coefficient (Wildman–Crippen LogP) is 1.54. The van der Waals surface area contributed by atoms with Crippen LogP contribution in [0.5, 0.6) is 0 Å². The average molecular weight is 274 g/mol. The molecule has 1 fully saturated rings. The first-order chi connectivity index (χ1) is 8.59. The van der Waals surface area contributed by atoms with Crippen molar-refractivity contribution in [3.63, 3.8) is 0 Å². The molecule has 2 unspecified atom stereocenters. The molecular weight excluding hydrogens is 252 g/mol. The standard InChI is InChI=1S/C12H22N2O3S/c1-9(11(15)16)3-2-5-13-12(17)14-7-10-4-6-18-8-10/h9-10H,2-8H2,1H3,(H,15,16)(H2,13,14,17). The van der Waals surface area contributed by atoms with E-state index in [1.54, 1.807) is 6.92 Å². The fourth-order valence-corrected chi connectivity index (χ4v) is 3.06. The molecule has 0 radical (unpaired) electrons. The first-order valence-electron chi connectivity index (χ1n) is 6.42. The molecule has 0 bridgehead atoms. The highest BCUT2D eigenvalue weighted by atomic mass is 32.2. The maximum absolute atomic E-state index is 11.4. The second-order valence-electron chi connectivity index (χ2n) is 4.75. The van der Waals surface area contributed by atoms with Crippen molar-refractivity contribution in [2.45, 2.75) is 26.2 Å². The van der Waals surface area contributed by atoms with E-state index >= 15 is 0 Å². The summed E-state index contributed by atoms with van der Waals surface area (Å²) in [5.41, 5.74) is 0. The van der Waals surface area contributed by atoms with Crippen LogP contribution in [0.3, 0.4) is 0 Å². The van der Waals surface area contributed by atoms with E-state index in [4.69, 9.17) is 5.11 Å². The lowest BCUT2D eigenvalue weighted by atomic mass is 10.1. The molecular formula is C12H22N2O3S. The summed E-state index contributed by atoms with van der Waals surface area (Å²) in [6, 6.07) is -0.144. The molecule has 3 N–H and O–H groups in total. The summed E-state index contributed by atoms with van der Waals surface area (Å²) in [4.78, 5) is 22.0. The topological polar surface area (TPSA) is 78.4 Å². The number of carboxylic acids is 1. The zero-order valence-corrected chi connectivity index (χ0v) is 11.6. The molecule has 1 saturated heterocycles. The van der Waals surface area contributed by atoms with E-state index in [1.165, 1.54) is 12.2 Å². The van der Waals surface area contributed by atoms with E-state index in [-0.39, 0.29) is 11.9 Å². The van der Waals surface area contributed by atoms with Crippen molar-refractivity contribution in [1.82, 2.24) is 10.6 Å². The van der Waals surface area contributed by atoms with Gasteiger partial charge in [0, 0.05) is 13.1 Å². The Morgan fingerprint density at radius 1 is 1.44 bits per heavy atom. The summed E-state index contributed by atoms with van der Waals surface area (Å²) in [7, 11) is 0. The van der Waals surface area contributed by atoms with Gasteiger partial charge in [-0.15, -0.1) is 0 Å². The van der Waals surface area contributed by atoms with Crippen LogP contribution in [-0.4, -0.2) is 41.7 Å². The molecule has 0 spiro atoms. The summed E-state index contributed by atoms with van der Waals surface area (Å²) >= 11 is 1.93. The van der Waals surface area contributed by atoms with Gasteiger partial charge in [0.2, 0.25) is 0 Å². The number of amides is 2. The van der Waals surface area contributed by atoms with Gasteiger partial charge >= 0.3 is 12.0 Å². The molecule has 0 aromatic rings. The number of hydrogen-bond acceptors (Lipinski definition) is 3. The molecule has 6 heteroatoms. The van der Waals surface area contributed by atoms with Crippen molar-refractivity contribution in [3.8, 4) is 0 Å². The lowest BCUT2D eigenvalue weighted by Gasteiger charge is -2.11. The minimum atomic E-state index is -0.779. The monoisotopic (exact) mass is 274 g/mol. The lowest BCUT2D eigenvalue weighted by Crippen LogP contribution is -2.38. The van der Waals surface area contributed by atoms with E-state index in [1.807, 2.05) is 11.8 Å². The van der Waals surface area contributed by atoms with Crippen molar-refractivity contribution in [2.24, 2.45) is 11.8 Å². The molecule has 2 atom stereocenters. The van der Waals surface area contributed by atoms with Gasteiger partial charge in [-0.25, -0.2) is 4.79 Å². The number of carboxylic acid groups (broad SMARTS) is 1. The Kier molecular flexibility index (Phi) is 6.93. The summed E-state index contributed by atoms with van der Waals surface area (Å²) in [5.74, 6) is 1.81. The molecule has 5 nitrogen and oxygen atoms in total. The van der Waals surface area contributed by atoms with Crippen LogP contribution in [0.4, 0.5) is 4.79 Å². The normalized spacial score (nSPS) is 20.4. The molecule has 0 saturated carbocycles. The third-order valence-electron chi connectivity index (χ3n) is 3.10. The molecule has 104 valence electrons. The van der Waals surface area contributed by atoms with Crippen molar-refractivity contribution in [2.75, 3.05) is 24.6 Å². The predicted molar refractivity (Wildman–Crippen MR) is 72.9 cm³/mol. The molecule has 0 aromatic carbocycles. The van der Waals surface area contributed by atoms with E-state index in [0.717, 1.165) is 12.3 Å². The SMILES string of the molecule is CC(CCCNC(=O)NCC1CCSC1)C(=O)O. The lowest BCUT2D eigenvalue weighted by molar-refractivity contribution is -0.141. The minimum absolute atomic E-state index is 0.144. The number of aliphatic carboxylic acids is 1. The van der Waals surface area contributed by atoms with Gasteiger partial charge in [0.1, 0.15) is 0 Å². The second kappa shape index (κ2) is 8.24. The number of hydrogen-bond donors (Lipinski definition) is 3. The Hall–Kier alpha value is -0.910. The third kappa shape index (κ3) is 6.14. The highest BCUT2D eigenvalue weighted by molar-refractivity contribution is 7.99. The van der Waals surface area contributed by atoms with Crippen LogP contribution in [-0.2, 0) is 4.79 Å². The van der Waals surface area contributed by atoms with Crippen LogP contribution in [0.1, 0.15) is 26.2 Å². The number of nitrogens with one attached hydrogen (secondary N) is 2. The smallest absolute Gasteiger partial charge is 0.314 e. The molecule has 1 rings (SSSR count). The molecule has 2 amide bonds. The number of carbonyl (C=O) groups excluding carboxylic acids is 1. The Morgan fingerprint density at radius 2 is 2.22 bits per heavy atom. The van der Waals surface area contributed by atoms with Crippen molar-refractivity contribution < 1.29 is 14.7 Å². The molecule has 0 aliphatic carbocycles. The van der Waals surface area contributed by atoms with Crippen LogP contribution in [0.2, 0.25) is 0 Å². The first kappa shape index (κ1) is 15.1. The number of carbonyl (C=O) groups is 2. The van der Waals surface area contributed by atoms with E-state index in [9.17, 15) is 9.59 Å². The first-order valence-corrected chi connectivity index (χ1v) is 7.57. The van der Waals surface area contributed by atoms with Crippen molar-refractivity contribution in [1.29, 1.82) is 0 Å². The van der Waals surface area contributed by atoms with Crippen LogP contribution in [0.15, 0.2) is 0 Å². The Morgan fingerprint density at radius 3 is 2.83 bits per heavy atom. The van der Waals surface area contributed by atoms with Crippen LogP contribution in [0.25, 0.3) is 0 Å². The van der Waals surface area contributed by atoms with E-state index in [0.29, 0.717) is 25.3 Å². The van der Waals surface area contributed by atoms with Gasteiger partial charge in [0.05, 0.1) is 5.92 Å². The maximum Gasteiger partial charge on any atom is 0.314 e. The van der Waals surface area contributed by atoms with Gasteiger partial charge in [-0.3, -0.25) is 4.79 Å². The number of thioether (sulfide) groups is 1. The summed E-state index contributed by atoms with van der Waals surface area (Å²) in [6.45, 7) is 2.95. The molecule has 0 aromatic heterocycles. The number of urea groups is 1. The van der Waals surface area contributed by atoms with Gasteiger partial charge in [-0.1, -0.05) is 6.92 Å². The fourth-order valence-electron chi connectivity index (χ4n) is 1.78. The minimum Gasteiger partial charge on any atom is -0.481 e. The maximum atomic E-state index is 11.4. The summed E-state index contributed by atoms with van der Waals surface area (Å²) in [5, 5.41) is 14.3. The van der Waals surface area contributed by atoms with Crippen LogP contribution in [0, 0.1) is 11.8 Å². The largest absolute Gasteiger partial charge is 0.481 e. The highest BCUT2D eigenvalue weighted by Crippen LogP contribution is 2.22. The summed E-state index contributed by atoms with van der Waals surface area (Å²) in [6.07, 6.45) is 2.47. The molecule has 1 aliphatic heterocycles. The second-order valence-corrected chi connectivity index (χ2v) is 5.90. The highest BCUT2D eigenvalue weighted by Gasteiger charge is 2.16. The molecule has 18 heavy (non-hydrogen) atoms. The zero-order valence-electron chi connectivity index (χ0n) is 10.8. The van der Waals surface area contributed by atoms with Crippen LogP contribution >= 0.6 is 11.8 Å². The van der Waals surface area contributed by atoms with Gasteiger partial charge in [-0.05, 0) is 36.7 Å². The van der Waals surface area contributed by atoms with E-state index < -0.39 is 5.97 Å². The van der Waals surface area contributed by atoms with Crippen molar-refractivity contribution in [3.05, 3.63) is 0 Å². The van der Waals surface area contributed by atoms with Gasteiger partial charge in [0.15, 0.2) is 0 Å². The third-order valence-corrected chi connectivity index (χ3v) is 4.33. The number of rotatable bonds is 7. The van der Waals surface area contributed by atoms with Gasteiger partial charge in [-0.2, -0.15) is 11.8 Å². The zero-order chi connectivity index (χ0) is 13.4. The van der Waals surface area contributed by atoms with Gasteiger partial charge < -0.3 is 15.7 Å². The van der Waals surface area contributed by atoms with Crippen LogP contribution < -0.4 is 10.6 Å². The Balaban J connectivity index is 1.97. The molecule has 1 heterocycles. The Labute approximate surface area is 112 Å².